The average molecular weight is 665 g/mol. The fourth-order valence-electron chi connectivity index (χ4n) is 5.01. The number of nitrogens with one attached hydrogen (secondary N) is 1. The molecule has 0 aliphatic carbocycles. The minimum atomic E-state index is -1.59. The van der Waals surface area contributed by atoms with E-state index >= 15 is 0 Å². The molecule has 0 unspecified atom stereocenters. The highest BCUT2D eigenvalue weighted by atomic mass is 35.5. The maximum absolute atomic E-state index is 14.5. The monoisotopic (exact) mass is 663 g/mol. The predicted molar refractivity (Wildman–Crippen MR) is 175 cm³/mol. The summed E-state index contributed by atoms with van der Waals surface area (Å²) >= 11 is 19.0. The van der Waals surface area contributed by atoms with Crippen LogP contribution in [0.2, 0.25) is 15.1 Å². The Hall–Kier alpha value is -4.24. The Bertz CT molecular complexity index is 1740. The van der Waals surface area contributed by atoms with E-state index in [1.165, 1.54) is 0 Å². The lowest BCUT2D eigenvalue weighted by atomic mass is 9.81. The maximum Gasteiger partial charge on any atom is 0.252 e. The van der Waals surface area contributed by atoms with Crippen molar-refractivity contribution in [2.75, 3.05) is 13.2 Å². The van der Waals surface area contributed by atoms with E-state index in [0.717, 1.165) is 5.56 Å². The first-order valence-corrected chi connectivity index (χ1v) is 15.2. The molecule has 0 saturated carbocycles. The molecule has 230 valence electrons. The molecule has 2 atom stereocenters. The molecule has 12 heteroatoms. The largest absolute Gasteiger partial charge is 0.494 e. The molecule has 1 heterocycles. The molecule has 0 bridgehead atoms. The van der Waals surface area contributed by atoms with Crippen LogP contribution in [0.3, 0.4) is 0 Å². The van der Waals surface area contributed by atoms with Gasteiger partial charge in [0.25, 0.3) is 5.91 Å². The van der Waals surface area contributed by atoms with Crippen molar-refractivity contribution in [3.05, 3.63) is 139 Å². The molecule has 2 N–H and O–H groups in total. The van der Waals surface area contributed by atoms with Crippen molar-refractivity contribution < 1.29 is 19.4 Å². The molecule has 0 fully saturated rings. The van der Waals surface area contributed by atoms with Crippen molar-refractivity contribution in [1.29, 1.82) is 0 Å². The number of azide groups is 1. The highest BCUT2D eigenvalue weighted by Crippen LogP contribution is 2.46. The number of amides is 1. The van der Waals surface area contributed by atoms with E-state index in [0.29, 0.717) is 56.2 Å². The zero-order chi connectivity index (χ0) is 31.8. The molecule has 0 radical (unpaired) electrons. The molecule has 5 rings (SSSR count). The smallest absolute Gasteiger partial charge is 0.252 e. The molecule has 4 aromatic rings. The van der Waals surface area contributed by atoms with Gasteiger partial charge in [0, 0.05) is 62.8 Å². The van der Waals surface area contributed by atoms with Gasteiger partial charge in [0.05, 0.1) is 6.61 Å². The summed E-state index contributed by atoms with van der Waals surface area (Å²) in [6, 6.07) is 26.2. The van der Waals surface area contributed by atoms with Gasteiger partial charge in [0.15, 0.2) is 11.6 Å². The van der Waals surface area contributed by atoms with Crippen LogP contribution in [0.15, 0.2) is 101 Å². The Morgan fingerprint density at radius 1 is 1.02 bits per heavy atom. The molecule has 0 spiro atoms. The quantitative estimate of drug-likeness (QED) is 0.0685. The van der Waals surface area contributed by atoms with Crippen LogP contribution in [-0.4, -0.2) is 35.7 Å². The number of aliphatic hydroxyl groups excluding tert-OH is 1. The molecular weight excluding hydrogens is 637 g/mol. The molecule has 1 aliphatic rings. The Labute approximate surface area is 275 Å². The highest BCUT2D eigenvalue weighted by Gasteiger charge is 2.54. The second-order valence-electron chi connectivity index (χ2n) is 10.3. The zero-order valence-electron chi connectivity index (χ0n) is 23.9. The lowest BCUT2D eigenvalue weighted by Gasteiger charge is -2.31. The van der Waals surface area contributed by atoms with Gasteiger partial charge < -0.3 is 19.9 Å². The van der Waals surface area contributed by atoms with Crippen molar-refractivity contribution in [3.8, 4) is 5.75 Å². The van der Waals surface area contributed by atoms with Crippen molar-refractivity contribution in [3.63, 3.8) is 0 Å². The van der Waals surface area contributed by atoms with Gasteiger partial charge in [-0.1, -0.05) is 82.4 Å². The number of benzene rings is 4. The van der Waals surface area contributed by atoms with Crippen LogP contribution in [0.1, 0.15) is 34.8 Å². The van der Waals surface area contributed by atoms with Gasteiger partial charge in [-0.3, -0.25) is 4.79 Å². The lowest BCUT2D eigenvalue weighted by molar-refractivity contribution is -0.129. The SMILES string of the molecule is [N-]=[N+]=Nc1ccccc1C[C@@]1(C(=O)NCc2ccc(Cl)cc2)N=C(c2ccc(OCCCO)cc2)O[C@@H]1c1ccc(Cl)cc1Cl. The van der Waals surface area contributed by atoms with Crippen LogP contribution in [-0.2, 0) is 22.5 Å². The normalized spacial score (nSPS) is 17.2. The third-order valence-corrected chi connectivity index (χ3v) is 8.06. The number of rotatable bonds is 12. The summed E-state index contributed by atoms with van der Waals surface area (Å²) in [6.07, 6.45) is -0.460. The molecule has 0 saturated heterocycles. The zero-order valence-corrected chi connectivity index (χ0v) is 26.1. The first-order chi connectivity index (χ1) is 21.8. The van der Waals surface area contributed by atoms with Crippen LogP contribution in [0, 0.1) is 0 Å². The van der Waals surface area contributed by atoms with E-state index in [1.807, 2.05) is 12.1 Å². The summed E-state index contributed by atoms with van der Waals surface area (Å²) in [6.45, 7) is 0.593. The maximum atomic E-state index is 14.5. The number of carbonyl (C=O) groups excluding carboxylic acids is 1. The number of halogens is 3. The first kappa shape index (κ1) is 32.2. The minimum Gasteiger partial charge on any atom is -0.494 e. The predicted octanol–water partition coefficient (Wildman–Crippen LogP) is 8.17. The van der Waals surface area contributed by atoms with Gasteiger partial charge in [0.2, 0.25) is 5.90 Å². The summed E-state index contributed by atoms with van der Waals surface area (Å²) in [5, 5.41) is 17.2. The van der Waals surface area contributed by atoms with E-state index in [9.17, 15) is 10.3 Å². The van der Waals surface area contributed by atoms with Crippen LogP contribution >= 0.6 is 34.8 Å². The summed E-state index contributed by atoms with van der Waals surface area (Å²) in [7, 11) is 0. The van der Waals surface area contributed by atoms with Gasteiger partial charge in [-0.25, -0.2) is 4.99 Å². The summed E-state index contributed by atoms with van der Waals surface area (Å²) < 4.78 is 12.2. The fourth-order valence-corrected chi connectivity index (χ4v) is 5.64. The third kappa shape index (κ3) is 7.53. The van der Waals surface area contributed by atoms with Crippen molar-refractivity contribution in [2.24, 2.45) is 10.1 Å². The number of ether oxygens (including phenoxy) is 2. The molecule has 1 aliphatic heterocycles. The van der Waals surface area contributed by atoms with E-state index in [2.05, 4.69) is 15.3 Å². The number of nitrogens with zero attached hydrogens (tertiary/aromatic N) is 4. The Morgan fingerprint density at radius 3 is 2.47 bits per heavy atom. The Kier molecular flexibility index (Phi) is 10.5. The van der Waals surface area contributed by atoms with Gasteiger partial charge >= 0.3 is 0 Å². The van der Waals surface area contributed by atoms with Crippen molar-refractivity contribution in [1.82, 2.24) is 5.32 Å². The van der Waals surface area contributed by atoms with Crippen molar-refractivity contribution in [2.45, 2.75) is 31.0 Å². The number of aliphatic imine (C=N–C) groups is 1. The fraction of sp³-hybridized carbons (Fsp3) is 0.212. The van der Waals surface area contributed by atoms with Crippen LogP contribution in [0.4, 0.5) is 5.69 Å². The highest BCUT2D eigenvalue weighted by molar-refractivity contribution is 6.35. The molecule has 1 amide bonds. The summed E-state index contributed by atoms with van der Waals surface area (Å²) in [5.41, 5.74) is 10.6. The summed E-state index contributed by atoms with van der Waals surface area (Å²) in [5.74, 6) is 0.400. The van der Waals surface area contributed by atoms with Crippen LogP contribution < -0.4 is 10.1 Å². The van der Waals surface area contributed by atoms with Gasteiger partial charge in [-0.05, 0) is 65.2 Å². The van der Waals surface area contributed by atoms with Crippen molar-refractivity contribution >= 4 is 52.3 Å². The van der Waals surface area contributed by atoms with E-state index < -0.39 is 17.6 Å². The number of hydrogen-bond donors (Lipinski definition) is 2. The molecular formula is C33H28Cl3N5O4. The summed E-state index contributed by atoms with van der Waals surface area (Å²) in [4.78, 5) is 22.5. The first-order valence-electron chi connectivity index (χ1n) is 14.0. The topological polar surface area (TPSA) is 129 Å². The average Bonchev–Trinajstić information content (AvgIpc) is 3.42. The number of hydrogen-bond acceptors (Lipinski definition) is 6. The van der Waals surface area contributed by atoms with Gasteiger partial charge in [0.1, 0.15) is 5.75 Å². The number of aliphatic hydroxyl groups is 1. The lowest BCUT2D eigenvalue weighted by Crippen LogP contribution is -2.49. The second kappa shape index (κ2) is 14.7. The number of carbonyl (C=O) groups is 1. The standard InChI is InChI=1S/C33H28Cl3N5O4/c34-24-10-6-21(7-11-24)20-38-32(43)33(19-23-4-1-2-5-29(23)40-41-37)30(27-15-12-25(35)18-28(27)36)45-31(39-33)22-8-13-26(14-9-22)44-17-3-16-42/h1-2,4-15,18,30,42H,3,16-17,19-20H2,(H,38,43)/t30-,33-/m1/s1. The van der Waals surface area contributed by atoms with Gasteiger partial charge in [-0.15, -0.1) is 0 Å². The van der Waals surface area contributed by atoms with E-state index in [1.54, 1.807) is 78.9 Å². The van der Waals surface area contributed by atoms with E-state index in [-0.39, 0.29) is 25.5 Å². The molecule has 4 aromatic carbocycles. The Morgan fingerprint density at radius 2 is 1.76 bits per heavy atom. The molecule has 0 aromatic heterocycles. The van der Waals surface area contributed by atoms with Gasteiger partial charge in [-0.2, -0.15) is 0 Å². The van der Waals surface area contributed by atoms with Crippen LogP contribution in [0.25, 0.3) is 10.4 Å². The van der Waals surface area contributed by atoms with E-state index in [4.69, 9.17) is 54.4 Å². The third-order valence-electron chi connectivity index (χ3n) is 7.25. The molecule has 45 heavy (non-hydrogen) atoms. The Balaban J connectivity index is 1.61. The second-order valence-corrected chi connectivity index (χ2v) is 11.5. The minimum absolute atomic E-state index is 0.0180. The van der Waals surface area contributed by atoms with Crippen LogP contribution in [0.5, 0.6) is 5.75 Å². The molecule has 9 nitrogen and oxygen atoms in total.